The van der Waals surface area contributed by atoms with Crippen LogP contribution in [0.3, 0.4) is 0 Å². The lowest BCUT2D eigenvalue weighted by Crippen LogP contribution is -2.41. The Labute approximate surface area is 125 Å². The lowest BCUT2D eigenvalue weighted by atomic mass is 9.77. The third-order valence-corrected chi connectivity index (χ3v) is 4.97. The minimum Gasteiger partial charge on any atom is -0.465 e. The number of nitrogens with zero attached hydrogens (tertiary/aromatic N) is 1. The van der Waals surface area contributed by atoms with Gasteiger partial charge >= 0.3 is 5.97 Å². The van der Waals surface area contributed by atoms with Gasteiger partial charge in [-0.2, -0.15) is 0 Å². The molecular weight excluding hydrogens is 270 g/mol. The van der Waals surface area contributed by atoms with Crippen molar-refractivity contribution in [3.63, 3.8) is 0 Å². The molecule has 0 unspecified atom stereocenters. The van der Waals surface area contributed by atoms with Gasteiger partial charge in [-0.25, -0.2) is 0 Å². The third-order valence-electron chi connectivity index (χ3n) is 4.97. The molecule has 3 aliphatic heterocycles. The van der Waals surface area contributed by atoms with Crippen molar-refractivity contribution in [2.75, 3.05) is 13.2 Å². The van der Waals surface area contributed by atoms with Crippen molar-refractivity contribution >= 4 is 11.9 Å². The second-order valence-corrected chi connectivity index (χ2v) is 6.29. The molecule has 0 aromatic heterocycles. The third kappa shape index (κ3) is 2.01. The van der Waals surface area contributed by atoms with E-state index in [4.69, 9.17) is 9.47 Å². The Hall–Kier alpha value is -1.36. The number of fused-ring (bicyclic) bond motifs is 1. The van der Waals surface area contributed by atoms with E-state index < -0.39 is 17.4 Å². The Morgan fingerprint density at radius 3 is 3.00 bits per heavy atom. The molecule has 3 aliphatic rings. The summed E-state index contributed by atoms with van der Waals surface area (Å²) in [7, 11) is 0. The largest absolute Gasteiger partial charge is 0.465 e. The van der Waals surface area contributed by atoms with Gasteiger partial charge in [-0.15, -0.1) is 0 Å². The predicted octanol–water partition coefficient (Wildman–Crippen LogP) is 1.52. The molecule has 3 heterocycles. The molecule has 5 nitrogen and oxygen atoms in total. The van der Waals surface area contributed by atoms with E-state index in [0.29, 0.717) is 13.2 Å². The molecule has 1 amide bonds. The van der Waals surface area contributed by atoms with Crippen molar-refractivity contribution in [1.82, 2.24) is 4.90 Å². The molecule has 0 aliphatic carbocycles. The van der Waals surface area contributed by atoms with E-state index in [9.17, 15) is 9.59 Å². The molecule has 1 spiro atoms. The number of rotatable bonds is 5. The molecule has 0 radical (unpaired) electrons. The monoisotopic (exact) mass is 293 g/mol. The molecule has 0 N–H and O–H groups in total. The van der Waals surface area contributed by atoms with Gasteiger partial charge in [0, 0.05) is 6.04 Å². The molecule has 116 valence electrons. The summed E-state index contributed by atoms with van der Waals surface area (Å²) < 4.78 is 11.3. The van der Waals surface area contributed by atoms with Crippen LogP contribution in [0.25, 0.3) is 0 Å². The summed E-state index contributed by atoms with van der Waals surface area (Å²) in [6, 6.07) is 0.167. The number of hydrogen-bond donors (Lipinski definition) is 0. The first-order valence-corrected chi connectivity index (χ1v) is 7.88. The van der Waals surface area contributed by atoms with Gasteiger partial charge in [-0.1, -0.05) is 26.0 Å². The zero-order valence-corrected chi connectivity index (χ0v) is 12.9. The van der Waals surface area contributed by atoms with Crippen molar-refractivity contribution in [3.05, 3.63) is 12.2 Å². The van der Waals surface area contributed by atoms with Crippen LogP contribution in [0.15, 0.2) is 12.2 Å². The first-order valence-electron chi connectivity index (χ1n) is 7.88. The fraction of sp³-hybridized carbons (Fsp3) is 0.750. The molecule has 0 aromatic rings. The van der Waals surface area contributed by atoms with E-state index in [2.05, 4.69) is 6.92 Å². The number of ether oxygens (including phenoxy) is 2. The Morgan fingerprint density at radius 1 is 1.57 bits per heavy atom. The van der Waals surface area contributed by atoms with Crippen molar-refractivity contribution in [2.24, 2.45) is 11.8 Å². The average molecular weight is 293 g/mol. The van der Waals surface area contributed by atoms with Crippen molar-refractivity contribution in [3.8, 4) is 0 Å². The summed E-state index contributed by atoms with van der Waals surface area (Å²) in [6.07, 6.45) is 5.27. The maximum atomic E-state index is 12.8. The summed E-state index contributed by atoms with van der Waals surface area (Å²) in [5.74, 6) is -1.15. The van der Waals surface area contributed by atoms with Crippen LogP contribution in [0.2, 0.25) is 0 Å². The Kier molecular flexibility index (Phi) is 3.56. The quantitative estimate of drug-likeness (QED) is 0.569. The fourth-order valence-electron chi connectivity index (χ4n) is 3.69. The highest BCUT2D eigenvalue weighted by atomic mass is 16.6. The van der Waals surface area contributed by atoms with Crippen LogP contribution in [-0.4, -0.2) is 47.7 Å². The Balaban J connectivity index is 1.85. The topological polar surface area (TPSA) is 55.8 Å². The lowest BCUT2D eigenvalue weighted by molar-refractivity contribution is -0.154. The molecule has 21 heavy (non-hydrogen) atoms. The van der Waals surface area contributed by atoms with Crippen LogP contribution in [0.5, 0.6) is 0 Å². The summed E-state index contributed by atoms with van der Waals surface area (Å²) in [5, 5.41) is 0. The summed E-state index contributed by atoms with van der Waals surface area (Å²) in [4.78, 5) is 26.9. The van der Waals surface area contributed by atoms with Crippen LogP contribution in [-0.2, 0) is 19.1 Å². The lowest BCUT2D eigenvalue weighted by Gasteiger charge is -2.26. The second-order valence-electron chi connectivity index (χ2n) is 6.29. The molecule has 5 atom stereocenters. The van der Waals surface area contributed by atoms with Gasteiger partial charge in [-0.3, -0.25) is 9.59 Å². The number of carbonyl (C=O) groups excluding carboxylic acids is 2. The highest BCUT2D eigenvalue weighted by Gasteiger charge is 2.67. The zero-order valence-electron chi connectivity index (χ0n) is 12.9. The molecule has 0 aromatic carbocycles. The number of hydrogen-bond acceptors (Lipinski definition) is 4. The number of esters is 1. The van der Waals surface area contributed by atoms with Crippen LogP contribution < -0.4 is 0 Å². The summed E-state index contributed by atoms with van der Waals surface area (Å²) in [6.45, 7) is 7.00. The van der Waals surface area contributed by atoms with Gasteiger partial charge in [0.15, 0.2) is 0 Å². The van der Waals surface area contributed by atoms with Gasteiger partial charge in [-0.05, 0) is 19.8 Å². The molecule has 5 heteroatoms. The first kappa shape index (κ1) is 14.6. The molecule has 3 rings (SSSR count). The van der Waals surface area contributed by atoms with E-state index >= 15 is 0 Å². The first-order chi connectivity index (χ1) is 10.0. The number of likely N-dealkylation sites (tertiary alicyclic amines) is 1. The van der Waals surface area contributed by atoms with Crippen LogP contribution in [0.1, 0.15) is 33.6 Å². The van der Waals surface area contributed by atoms with Crippen molar-refractivity contribution < 1.29 is 19.1 Å². The average Bonchev–Trinajstić information content (AvgIpc) is 3.12. The van der Waals surface area contributed by atoms with Gasteiger partial charge in [0.1, 0.15) is 11.5 Å². The normalized spacial score (nSPS) is 38.0. The zero-order chi connectivity index (χ0) is 15.2. The van der Waals surface area contributed by atoms with Crippen molar-refractivity contribution in [1.29, 1.82) is 0 Å². The van der Waals surface area contributed by atoms with Crippen LogP contribution in [0, 0.1) is 11.8 Å². The summed E-state index contributed by atoms with van der Waals surface area (Å²) >= 11 is 0. The molecule has 2 bridgehead atoms. The van der Waals surface area contributed by atoms with E-state index in [1.54, 1.807) is 0 Å². The Morgan fingerprint density at radius 2 is 2.33 bits per heavy atom. The van der Waals surface area contributed by atoms with Gasteiger partial charge < -0.3 is 14.4 Å². The SMILES string of the molecule is CCCOC(=O)[C@H]1[C@@H]2C=C[C@]3(CN([C@@H](C)CC)C(=O)[C@H]13)O2. The van der Waals surface area contributed by atoms with E-state index in [1.807, 2.05) is 30.9 Å². The fourth-order valence-corrected chi connectivity index (χ4v) is 3.69. The smallest absolute Gasteiger partial charge is 0.312 e. The van der Waals surface area contributed by atoms with Crippen LogP contribution in [0.4, 0.5) is 0 Å². The minimum absolute atomic E-state index is 0.0367. The van der Waals surface area contributed by atoms with Gasteiger partial charge in [0.25, 0.3) is 0 Å². The highest BCUT2D eigenvalue weighted by Crippen LogP contribution is 2.52. The van der Waals surface area contributed by atoms with Gasteiger partial charge in [0.2, 0.25) is 5.91 Å². The van der Waals surface area contributed by atoms with Gasteiger partial charge in [0.05, 0.1) is 25.2 Å². The minimum atomic E-state index is -0.610. The predicted molar refractivity (Wildman–Crippen MR) is 76.4 cm³/mol. The molecule has 2 saturated heterocycles. The van der Waals surface area contributed by atoms with Crippen molar-refractivity contribution in [2.45, 2.75) is 51.4 Å². The van der Waals surface area contributed by atoms with E-state index in [0.717, 1.165) is 12.8 Å². The highest BCUT2D eigenvalue weighted by molar-refractivity contribution is 5.91. The standard InChI is InChI=1S/C16H23NO4/c1-4-8-20-15(19)12-11-6-7-16(21-11)9-17(10(3)5-2)14(18)13(12)16/h6-7,10-13H,4-5,8-9H2,1-3H3/t10-,11-,12-,13-,16+/m0/s1. The molecular formula is C16H23NO4. The summed E-state index contributed by atoms with van der Waals surface area (Å²) in [5.41, 5.74) is -0.610. The van der Waals surface area contributed by atoms with E-state index in [1.165, 1.54) is 0 Å². The molecule has 2 fully saturated rings. The van der Waals surface area contributed by atoms with Crippen LogP contribution >= 0.6 is 0 Å². The second kappa shape index (κ2) is 5.13. The Bertz CT molecular complexity index is 489. The van der Waals surface area contributed by atoms with E-state index in [-0.39, 0.29) is 24.0 Å². The molecule has 0 saturated carbocycles. The maximum Gasteiger partial charge on any atom is 0.312 e. The number of carbonyl (C=O) groups is 2. The number of amides is 1. The maximum absolute atomic E-state index is 12.8.